The van der Waals surface area contributed by atoms with Crippen molar-refractivity contribution < 1.29 is 14.3 Å². The molecule has 1 N–H and O–H groups in total. The maximum absolute atomic E-state index is 12.2. The predicted octanol–water partition coefficient (Wildman–Crippen LogP) is 1.77. The Labute approximate surface area is 109 Å². The van der Waals surface area contributed by atoms with Crippen LogP contribution in [-0.4, -0.2) is 41.6 Å². The zero-order chi connectivity index (χ0) is 13.9. The molecule has 5 nitrogen and oxygen atoms in total. The van der Waals surface area contributed by atoms with Crippen molar-refractivity contribution in [3.63, 3.8) is 0 Å². The largest absolute Gasteiger partial charge is 0.458 e. The summed E-state index contributed by atoms with van der Waals surface area (Å²) in [7, 11) is 0. The van der Waals surface area contributed by atoms with E-state index in [1.807, 2.05) is 34.6 Å². The average Bonchev–Trinajstić information content (AvgIpc) is 2.62. The molecule has 0 radical (unpaired) electrons. The Kier molecular flexibility index (Phi) is 4.59. The van der Waals surface area contributed by atoms with E-state index in [0.717, 1.165) is 6.42 Å². The molecular weight excluding hydrogens is 232 g/mol. The minimum atomic E-state index is -0.529. The predicted molar refractivity (Wildman–Crippen MR) is 69.2 cm³/mol. The standard InChI is InChI=1S/C13H24N2O3/c1-6-9(2)10(11(16)18-13(3,4)5)15-8-7-14-12(15)17/h9-10H,6-8H2,1-5H3,(H,14,17)/t9-,10-/m0/s1. The van der Waals surface area contributed by atoms with Crippen molar-refractivity contribution in [1.82, 2.24) is 10.2 Å². The van der Waals surface area contributed by atoms with E-state index in [4.69, 9.17) is 4.74 Å². The Morgan fingerprint density at radius 1 is 1.50 bits per heavy atom. The average molecular weight is 256 g/mol. The van der Waals surface area contributed by atoms with Gasteiger partial charge in [-0.1, -0.05) is 20.3 Å². The molecule has 0 spiro atoms. The van der Waals surface area contributed by atoms with Crippen LogP contribution < -0.4 is 5.32 Å². The van der Waals surface area contributed by atoms with Crippen LogP contribution in [0.4, 0.5) is 4.79 Å². The van der Waals surface area contributed by atoms with E-state index in [1.165, 1.54) is 0 Å². The van der Waals surface area contributed by atoms with Gasteiger partial charge >= 0.3 is 12.0 Å². The second-order valence-electron chi connectivity index (χ2n) is 5.79. The van der Waals surface area contributed by atoms with E-state index >= 15 is 0 Å². The fourth-order valence-electron chi connectivity index (χ4n) is 2.00. The van der Waals surface area contributed by atoms with E-state index in [-0.39, 0.29) is 17.9 Å². The number of urea groups is 1. The van der Waals surface area contributed by atoms with Gasteiger partial charge in [-0.2, -0.15) is 0 Å². The molecule has 18 heavy (non-hydrogen) atoms. The topological polar surface area (TPSA) is 58.6 Å². The van der Waals surface area contributed by atoms with Crippen LogP contribution in [0.1, 0.15) is 41.0 Å². The van der Waals surface area contributed by atoms with E-state index in [1.54, 1.807) is 4.90 Å². The maximum atomic E-state index is 12.2. The van der Waals surface area contributed by atoms with Crippen LogP contribution in [-0.2, 0) is 9.53 Å². The van der Waals surface area contributed by atoms with Gasteiger partial charge < -0.3 is 15.0 Å². The zero-order valence-corrected chi connectivity index (χ0v) is 11.9. The van der Waals surface area contributed by atoms with Crippen molar-refractivity contribution in [1.29, 1.82) is 0 Å². The Morgan fingerprint density at radius 3 is 2.50 bits per heavy atom. The van der Waals surface area contributed by atoms with Gasteiger partial charge in [0, 0.05) is 13.1 Å². The first-order valence-corrected chi connectivity index (χ1v) is 6.53. The minimum absolute atomic E-state index is 0.0868. The molecule has 2 amide bonds. The summed E-state index contributed by atoms with van der Waals surface area (Å²) in [4.78, 5) is 25.5. The molecule has 0 unspecified atom stereocenters. The molecule has 0 aromatic carbocycles. The Bertz CT molecular complexity index is 323. The third-order valence-corrected chi connectivity index (χ3v) is 3.06. The van der Waals surface area contributed by atoms with Crippen molar-refractivity contribution in [3.05, 3.63) is 0 Å². The highest BCUT2D eigenvalue weighted by molar-refractivity contribution is 5.85. The summed E-state index contributed by atoms with van der Waals surface area (Å²) in [5.74, 6) is -0.224. The third-order valence-electron chi connectivity index (χ3n) is 3.06. The van der Waals surface area contributed by atoms with Crippen molar-refractivity contribution in [3.8, 4) is 0 Å². The van der Waals surface area contributed by atoms with Gasteiger partial charge in [-0.3, -0.25) is 0 Å². The highest BCUT2D eigenvalue weighted by Gasteiger charge is 2.38. The number of hydrogen-bond donors (Lipinski definition) is 1. The fourth-order valence-corrected chi connectivity index (χ4v) is 2.00. The van der Waals surface area contributed by atoms with Crippen molar-refractivity contribution in [2.45, 2.75) is 52.7 Å². The fraction of sp³-hybridized carbons (Fsp3) is 0.846. The van der Waals surface area contributed by atoms with Gasteiger partial charge in [0.2, 0.25) is 0 Å². The molecule has 1 aliphatic heterocycles. The molecule has 1 rings (SSSR count). The molecule has 1 aliphatic rings. The smallest absolute Gasteiger partial charge is 0.329 e. The molecule has 0 aromatic heterocycles. The summed E-state index contributed by atoms with van der Waals surface area (Å²) < 4.78 is 5.42. The summed E-state index contributed by atoms with van der Waals surface area (Å²) in [5.41, 5.74) is -0.529. The Balaban J connectivity index is 2.84. The van der Waals surface area contributed by atoms with Crippen molar-refractivity contribution in [2.24, 2.45) is 5.92 Å². The van der Waals surface area contributed by atoms with Crippen molar-refractivity contribution >= 4 is 12.0 Å². The molecule has 5 heteroatoms. The number of carbonyl (C=O) groups is 2. The number of hydrogen-bond acceptors (Lipinski definition) is 3. The highest BCUT2D eigenvalue weighted by atomic mass is 16.6. The van der Waals surface area contributed by atoms with E-state index in [2.05, 4.69) is 5.32 Å². The van der Waals surface area contributed by atoms with Crippen LogP contribution in [0.3, 0.4) is 0 Å². The highest BCUT2D eigenvalue weighted by Crippen LogP contribution is 2.21. The molecule has 2 atom stereocenters. The van der Waals surface area contributed by atoms with E-state index in [9.17, 15) is 9.59 Å². The lowest BCUT2D eigenvalue weighted by molar-refractivity contribution is -0.162. The maximum Gasteiger partial charge on any atom is 0.329 e. The van der Waals surface area contributed by atoms with Crippen LogP contribution in [0, 0.1) is 5.92 Å². The quantitative estimate of drug-likeness (QED) is 0.780. The van der Waals surface area contributed by atoms with Gasteiger partial charge in [0.25, 0.3) is 0 Å². The molecule has 0 aromatic rings. The second-order valence-corrected chi connectivity index (χ2v) is 5.79. The van der Waals surface area contributed by atoms with Gasteiger partial charge in [-0.15, -0.1) is 0 Å². The first-order valence-electron chi connectivity index (χ1n) is 6.53. The number of carbonyl (C=O) groups excluding carboxylic acids is 2. The minimum Gasteiger partial charge on any atom is -0.458 e. The summed E-state index contributed by atoms with van der Waals surface area (Å²) in [6.45, 7) is 10.6. The SMILES string of the molecule is CC[C@H](C)[C@@H](C(=O)OC(C)(C)C)N1CCNC1=O. The molecule has 1 saturated heterocycles. The number of esters is 1. The Morgan fingerprint density at radius 2 is 2.11 bits per heavy atom. The molecule has 1 fully saturated rings. The molecule has 0 bridgehead atoms. The molecule has 1 heterocycles. The first kappa shape index (κ1) is 14.8. The van der Waals surface area contributed by atoms with Crippen LogP contribution in [0.25, 0.3) is 0 Å². The van der Waals surface area contributed by atoms with Gasteiger partial charge in [-0.25, -0.2) is 9.59 Å². The first-order chi connectivity index (χ1) is 8.26. The third kappa shape index (κ3) is 3.62. The number of rotatable bonds is 4. The summed E-state index contributed by atoms with van der Waals surface area (Å²) >= 11 is 0. The number of nitrogens with zero attached hydrogens (tertiary/aromatic N) is 1. The number of ether oxygens (including phenoxy) is 1. The molecular formula is C13H24N2O3. The molecule has 0 aliphatic carbocycles. The monoisotopic (exact) mass is 256 g/mol. The van der Waals surface area contributed by atoms with Crippen LogP contribution in [0.15, 0.2) is 0 Å². The summed E-state index contributed by atoms with van der Waals surface area (Å²) in [6.07, 6.45) is 0.827. The summed E-state index contributed by atoms with van der Waals surface area (Å²) in [6, 6.07) is -0.664. The van der Waals surface area contributed by atoms with E-state index < -0.39 is 11.6 Å². The molecule has 0 saturated carbocycles. The second kappa shape index (κ2) is 5.59. The van der Waals surface area contributed by atoms with Gasteiger partial charge in [0.1, 0.15) is 11.6 Å². The number of nitrogens with one attached hydrogen (secondary N) is 1. The van der Waals surface area contributed by atoms with Crippen molar-refractivity contribution in [2.75, 3.05) is 13.1 Å². The Hall–Kier alpha value is -1.26. The van der Waals surface area contributed by atoms with Gasteiger partial charge in [-0.05, 0) is 26.7 Å². The van der Waals surface area contributed by atoms with Crippen LogP contribution in [0.2, 0.25) is 0 Å². The zero-order valence-electron chi connectivity index (χ0n) is 11.9. The van der Waals surface area contributed by atoms with Crippen LogP contribution in [0.5, 0.6) is 0 Å². The van der Waals surface area contributed by atoms with Gasteiger partial charge in [0.05, 0.1) is 0 Å². The van der Waals surface area contributed by atoms with Gasteiger partial charge in [0.15, 0.2) is 0 Å². The van der Waals surface area contributed by atoms with Crippen LogP contribution >= 0.6 is 0 Å². The normalized spacial score (nSPS) is 19.4. The number of amides is 2. The lowest BCUT2D eigenvalue weighted by Crippen LogP contribution is -2.49. The summed E-state index contributed by atoms with van der Waals surface area (Å²) in [5, 5.41) is 2.73. The lowest BCUT2D eigenvalue weighted by atomic mass is 9.97. The lowest BCUT2D eigenvalue weighted by Gasteiger charge is -2.32. The van der Waals surface area contributed by atoms with E-state index in [0.29, 0.717) is 13.1 Å². The molecule has 104 valence electrons.